The molecule has 2 aliphatic rings. The molecule has 1 saturated carbocycles. The lowest BCUT2D eigenvalue weighted by Gasteiger charge is -2.30. The van der Waals surface area contributed by atoms with Crippen LogP contribution in [0, 0.1) is 5.92 Å². The number of carbonyl (C=O) groups excluding carboxylic acids is 1. The van der Waals surface area contributed by atoms with Gasteiger partial charge in [-0.3, -0.25) is 4.79 Å². The van der Waals surface area contributed by atoms with Crippen molar-refractivity contribution < 1.29 is 14.4 Å². The zero-order valence-electron chi connectivity index (χ0n) is 14.8. The molecule has 4 atom stereocenters. The van der Waals surface area contributed by atoms with E-state index in [1.807, 2.05) is 0 Å². The van der Waals surface area contributed by atoms with Crippen LogP contribution in [0.2, 0.25) is 0 Å². The minimum atomic E-state index is 0.207. The van der Waals surface area contributed by atoms with E-state index in [9.17, 15) is 4.79 Å². The second-order valence-corrected chi connectivity index (χ2v) is 8.49. The van der Waals surface area contributed by atoms with E-state index in [2.05, 4.69) is 29.8 Å². The third-order valence-corrected chi connectivity index (χ3v) is 6.29. The highest BCUT2D eigenvalue weighted by molar-refractivity contribution is 7.09. The van der Waals surface area contributed by atoms with Crippen molar-refractivity contribution in [2.75, 3.05) is 19.7 Å². The summed E-state index contributed by atoms with van der Waals surface area (Å²) in [7, 11) is 0. The van der Waals surface area contributed by atoms with E-state index in [0.29, 0.717) is 24.6 Å². The molecule has 0 aromatic carbocycles. The summed E-state index contributed by atoms with van der Waals surface area (Å²) in [4.78, 5) is 15.3. The van der Waals surface area contributed by atoms with E-state index in [-0.39, 0.29) is 5.91 Å². The van der Waals surface area contributed by atoms with Gasteiger partial charge in [0.25, 0.3) is 5.91 Å². The van der Waals surface area contributed by atoms with Gasteiger partial charge in [0.05, 0.1) is 4.88 Å². The van der Waals surface area contributed by atoms with Gasteiger partial charge in [0.1, 0.15) is 19.2 Å². The van der Waals surface area contributed by atoms with Crippen molar-refractivity contribution in [2.24, 2.45) is 5.92 Å². The Bertz CT molecular complexity index is 499. The van der Waals surface area contributed by atoms with Crippen molar-refractivity contribution in [1.29, 1.82) is 0 Å². The van der Waals surface area contributed by atoms with Gasteiger partial charge in [0, 0.05) is 12.6 Å². The lowest BCUT2D eigenvalue weighted by Crippen LogP contribution is -3.13. The van der Waals surface area contributed by atoms with Gasteiger partial charge in [-0.1, -0.05) is 25.8 Å². The predicted molar refractivity (Wildman–Crippen MR) is 97.3 cm³/mol. The summed E-state index contributed by atoms with van der Waals surface area (Å²) in [6.07, 6.45) is 7.55. The van der Waals surface area contributed by atoms with E-state index < -0.39 is 0 Å². The van der Waals surface area contributed by atoms with Crippen LogP contribution in [0.25, 0.3) is 0 Å². The Morgan fingerprint density at radius 2 is 2.21 bits per heavy atom. The molecule has 1 unspecified atom stereocenters. The molecule has 3 rings (SSSR count). The van der Waals surface area contributed by atoms with Crippen LogP contribution in [0.4, 0.5) is 0 Å². The quantitative estimate of drug-likeness (QED) is 0.789. The third kappa shape index (κ3) is 5.30. The average molecular weight is 352 g/mol. The highest BCUT2D eigenvalue weighted by Gasteiger charge is 2.27. The summed E-state index contributed by atoms with van der Waals surface area (Å²) in [6, 6.07) is 4.63. The van der Waals surface area contributed by atoms with Crippen molar-refractivity contribution in [3.63, 3.8) is 0 Å². The van der Waals surface area contributed by atoms with Crippen LogP contribution in [0.3, 0.4) is 0 Å². The molecule has 134 valence electrons. The zero-order chi connectivity index (χ0) is 16.8. The van der Waals surface area contributed by atoms with Crippen LogP contribution >= 0.6 is 11.3 Å². The van der Waals surface area contributed by atoms with Gasteiger partial charge in [-0.15, -0.1) is 11.3 Å². The summed E-state index contributed by atoms with van der Waals surface area (Å²) < 4.78 is 5.80. The molecular formula is C19H31N2O2S+. The maximum atomic E-state index is 12.6. The first-order valence-electron chi connectivity index (χ1n) is 9.47. The van der Waals surface area contributed by atoms with Gasteiger partial charge in [-0.25, -0.2) is 0 Å². The fourth-order valence-corrected chi connectivity index (χ4v) is 4.79. The molecule has 1 amide bonds. The molecule has 1 aliphatic carbocycles. The molecule has 4 nitrogen and oxygen atoms in total. The number of thiophene rings is 1. The number of rotatable bonds is 7. The van der Waals surface area contributed by atoms with Crippen molar-refractivity contribution in [2.45, 2.75) is 64.1 Å². The minimum absolute atomic E-state index is 0.207. The second-order valence-electron chi connectivity index (χ2n) is 7.46. The van der Waals surface area contributed by atoms with E-state index in [4.69, 9.17) is 4.74 Å². The molecule has 2 heterocycles. The molecule has 1 aliphatic heterocycles. The minimum Gasteiger partial charge on any atom is -0.372 e. The van der Waals surface area contributed by atoms with E-state index in [1.165, 1.54) is 29.0 Å². The first kappa shape index (κ1) is 17.9. The Morgan fingerprint density at radius 1 is 1.33 bits per heavy atom. The summed E-state index contributed by atoms with van der Waals surface area (Å²) in [5.41, 5.74) is 0. The first-order valence-corrected chi connectivity index (χ1v) is 10.4. The first-order chi connectivity index (χ1) is 11.7. The number of ether oxygens (including phenoxy) is 1. The standard InChI is InChI=1S/C19H30N2O2S/c1-15-6-2-3-9-18(15)20-19(22)14-21(12-16-7-4-10-23-16)13-17-8-5-11-24-17/h5,8,11,15-16,18H,2-4,6-7,9-10,12-14H2,1H3,(H,20,22)/p+1/t15-,16-,18+/m0/s1. The van der Waals surface area contributed by atoms with Crippen LogP contribution < -0.4 is 10.2 Å². The van der Waals surface area contributed by atoms with Gasteiger partial charge in [-0.2, -0.15) is 0 Å². The summed E-state index contributed by atoms with van der Waals surface area (Å²) in [6.45, 7) is 5.56. The SMILES string of the molecule is C[C@H]1CCCC[C@H]1NC(=O)C[NH+](Cc1cccs1)C[C@@H]1CCCO1. The molecule has 1 aromatic heterocycles. The van der Waals surface area contributed by atoms with E-state index in [0.717, 1.165) is 39.0 Å². The van der Waals surface area contributed by atoms with Gasteiger partial charge in [-0.05, 0) is 43.0 Å². The normalized spacial score (nSPS) is 28.6. The monoisotopic (exact) mass is 351 g/mol. The maximum absolute atomic E-state index is 12.6. The molecule has 1 saturated heterocycles. The highest BCUT2D eigenvalue weighted by atomic mass is 32.1. The van der Waals surface area contributed by atoms with E-state index >= 15 is 0 Å². The number of hydrogen-bond donors (Lipinski definition) is 2. The van der Waals surface area contributed by atoms with Crippen LogP contribution in [0.1, 0.15) is 50.3 Å². The lowest BCUT2D eigenvalue weighted by molar-refractivity contribution is -0.908. The fraction of sp³-hybridized carbons (Fsp3) is 0.737. The molecular weight excluding hydrogens is 320 g/mol. The third-order valence-electron chi connectivity index (χ3n) is 5.41. The predicted octanol–water partition coefficient (Wildman–Crippen LogP) is 2.01. The van der Waals surface area contributed by atoms with Gasteiger partial charge in [0.15, 0.2) is 6.54 Å². The van der Waals surface area contributed by atoms with Gasteiger partial charge in [0.2, 0.25) is 0 Å². The van der Waals surface area contributed by atoms with Gasteiger partial charge >= 0.3 is 0 Å². The molecule has 0 spiro atoms. The largest absolute Gasteiger partial charge is 0.372 e. The Kier molecular flexibility index (Phi) is 6.69. The lowest BCUT2D eigenvalue weighted by atomic mass is 9.86. The number of amides is 1. The Morgan fingerprint density at radius 3 is 2.92 bits per heavy atom. The summed E-state index contributed by atoms with van der Waals surface area (Å²) in [5.74, 6) is 0.819. The van der Waals surface area contributed by atoms with Crippen LogP contribution in [0.5, 0.6) is 0 Å². The van der Waals surface area contributed by atoms with Crippen LogP contribution in [-0.4, -0.2) is 37.7 Å². The van der Waals surface area contributed by atoms with Crippen molar-refractivity contribution in [3.8, 4) is 0 Å². The number of carbonyl (C=O) groups is 1. The average Bonchev–Trinajstić information content (AvgIpc) is 3.23. The highest BCUT2D eigenvalue weighted by Crippen LogP contribution is 2.23. The Balaban J connectivity index is 1.54. The molecule has 24 heavy (non-hydrogen) atoms. The molecule has 2 fully saturated rings. The number of quaternary nitrogens is 1. The smallest absolute Gasteiger partial charge is 0.275 e. The van der Waals surface area contributed by atoms with E-state index in [1.54, 1.807) is 11.3 Å². The summed E-state index contributed by atoms with van der Waals surface area (Å²) in [5, 5.41) is 5.42. The van der Waals surface area contributed by atoms with Crippen LogP contribution in [-0.2, 0) is 16.1 Å². The number of nitrogens with one attached hydrogen (secondary N) is 2. The molecule has 0 radical (unpaired) electrons. The fourth-order valence-electron chi connectivity index (χ4n) is 4.01. The van der Waals surface area contributed by atoms with Crippen molar-refractivity contribution in [3.05, 3.63) is 22.4 Å². The topological polar surface area (TPSA) is 42.8 Å². The molecule has 2 N–H and O–H groups in total. The zero-order valence-corrected chi connectivity index (χ0v) is 15.6. The van der Waals surface area contributed by atoms with Crippen molar-refractivity contribution in [1.82, 2.24) is 5.32 Å². The second kappa shape index (κ2) is 8.97. The molecule has 1 aromatic rings. The van der Waals surface area contributed by atoms with Crippen LogP contribution in [0.15, 0.2) is 17.5 Å². The molecule has 0 bridgehead atoms. The maximum Gasteiger partial charge on any atom is 0.275 e. The Labute approximate surface area is 149 Å². The molecule has 5 heteroatoms. The Hall–Kier alpha value is -0.910. The summed E-state index contributed by atoms with van der Waals surface area (Å²) >= 11 is 1.78. The van der Waals surface area contributed by atoms with Crippen molar-refractivity contribution >= 4 is 17.2 Å². The van der Waals surface area contributed by atoms with Gasteiger partial charge < -0.3 is 15.0 Å². The number of hydrogen-bond acceptors (Lipinski definition) is 3.